The van der Waals surface area contributed by atoms with Crippen LogP contribution in [0, 0.1) is 0 Å². The Labute approximate surface area is 172 Å². The van der Waals surface area contributed by atoms with Crippen LogP contribution in [0.15, 0.2) is 57.8 Å². The fraction of sp³-hybridized carbons (Fsp3) is 0.300. The molecular formula is C20H21N5OS2. The van der Waals surface area contributed by atoms with Crippen molar-refractivity contribution in [2.75, 3.05) is 0 Å². The van der Waals surface area contributed by atoms with E-state index in [0.717, 1.165) is 23.7 Å². The van der Waals surface area contributed by atoms with Crippen molar-refractivity contribution in [3.63, 3.8) is 0 Å². The van der Waals surface area contributed by atoms with Crippen molar-refractivity contribution in [3.8, 4) is 11.4 Å². The first-order valence-electron chi connectivity index (χ1n) is 9.15. The molecular weight excluding hydrogens is 390 g/mol. The highest BCUT2D eigenvalue weighted by Crippen LogP contribution is 2.24. The first-order valence-corrected chi connectivity index (χ1v) is 11.0. The molecule has 3 heterocycles. The lowest BCUT2D eigenvalue weighted by Crippen LogP contribution is -2.01. The topological polar surface area (TPSA) is 69.6 Å². The number of nitrogens with zero attached hydrogens (tertiary/aromatic N) is 5. The van der Waals surface area contributed by atoms with Gasteiger partial charge in [0.1, 0.15) is 6.33 Å². The van der Waals surface area contributed by atoms with Crippen molar-refractivity contribution in [1.29, 1.82) is 0 Å². The van der Waals surface area contributed by atoms with Crippen LogP contribution in [0.1, 0.15) is 36.1 Å². The standard InChI is InChI=1S/C20H21N5OS2/c1-14(2)15-5-7-16(8-6-15)19-22-18(26-24-19)12-28-20-23-21-13-25(20)10-9-17-4-3-11-27-17/h3-8,11,13-14H,9-10,12H2,1-2H3. The molecule has 0 aliphatic heterocycles. The van der Waals surface area contributed by atoms with E-state index in [0.29, 0.717) is 23.4 Å². The highest BCUT2D eigenvalue weighted by Gasteiger charge is 2.12. The van der Waals surface area contributed by atoms with Gasteiger partial charge < -0.3 is 9.09 Å². The average molecular weight is 412 g/mol. The summed E-state index contributed by atoms with van der Waals surface area (Å²) in [5.74, 6) is 2.27. The van der Waals surface area contributed by atoms with Gasteiger partial charge in [-0.3, -0.25) is 0 Å². The third kappa shape index (κ3) is 4.51. The Kier molecular flexibility index (Phi) is 5.87. The summed E-state index contributed by atoms with van der Waals surface area (Å²) in [6, 6.07) is 12.5. The van der Waals surface area contributed by atoms with Gasteiger partial charge >= 0.3 is 0 Å². The zero-order valence-corrected chi connectivity index (χ0v) is 17.4. The zero-order valence-electron chi connectivity index (χ0n) is 15.8. The molecule has 28 heavy (non-hydrogen) atoms. The molecule has 3 aromatic heterocycles. The van der Waals surface area contributed by atoms with Gasteiger partial charge in [-0.2, -0.15) is 4.98 Å². The molecule has 144 valence electrons. The monoisotopic (exact) mass is 411 g/mol. The van der Waals surface area contributed by atoms with Crippen LogP contribution in [0.4, 0.5) is 0 Å². The maximum absolute atomic E-state index is 5.42. The molecule has 8 heteroatoms. The summed E-state index contributed by atoms with van der Waals surface area (Å²) in [5.41, 5.74) is 2.26. The van der Waals surface area contributed by atoms with Crippen molar-refractivity contribution in [3.05, 3.63) is 64.4 Å². The van der Waals surface area contributed by atoms with Crippen LogP contribution in [-0.4, -0.2) is 24.9 Å². The van der Waals surface area contributed by atoms with Gasteiger partial charge in [0.05, 0.1) is 5.75 Å². The average Bonchev–Trinajstić information content (AvgIpc) is 3.46. The van der Waals surface area contributed by atoms with Crippen LogP contribution < -0.4 is 0 Å². The van der Waals surface area contributed by atoms with Gasteiger partial charge in [-0.25, -0.2) is 0 Å². The molecule has 0 atom stereocenters. The largest absolute Gasteiger partial charge is 0.338 e. The van der Waals surface area contributed by atoms with E-state index < -0.39 is 0 Å². The second-order valence-corrected chi connectivity index (χ2v) is 8.69. The molecule has 0 unspecified atom stereocenters. The molecule has 0 amide bonds. The maximum atomic E-state index is 5.42. The van der Waals surface area contributed by atoms with E-state index in [4.69, 9.17) is 4.52 Å². The molecule has 0 bridgehead atoms. The summed E-state index contributed by atoms with van der Waals surface area (Å²) in [6.07, 6.45) is 2.74. The van der Waals surface area contributed by atoms with Crippen LogP contribution >= 0.6 is 23.1 Å². The number of benzene rings is 1. The highest BCUT2D eigenvalue weighted by molar-refractivity contribution is 7.98. The number of hydrogen-bond donors (Lipinski definition) is 0. The van der Waals surface area contributed by atoms with Crippen LogP contribution in [-0.2, 0) is 18.7 Å². The second kappa shape index (κ2) is 8.70. The van der Waals surface area contributed by atoms with E-state index >= 15 is 0 Å². The van der Waals surface area contributed by atoms with Gasteiger partial charge in [0, 0.05) is 17.0 Å². The molecule has 0 spiro atoms. The lowest BCUT2D eigenvalue weighted by Gasteiger charge is -2.04. The minimum atomic E-state index is 0.503. The smallest absolute Gasteiger partial charge is 0.237 e. The molecule has 4 rings (SSSR count). The summed E-state index contributed by atoms with van der Waals surface area (Å²) in [4.78, 5) is 5.87. The maximum Gasteiger partial charge on any atom is 0.237 e. The summed E-state index contributed by atoms with van der Waals surface area (Å²) >= 11 is 3.32. The highest BCUT2D eigenvalue weighted by atomic mass is 32.2. The molecule has 0 radical (unpaired) electrons. The Hall–Kier alpha value is -2.45. The summed E-state index contributed by atoms with van der Waals surface area (Å²) < 4.78 is 7.48. The van der Waals surface area contributed by atoms with Gasteiger partial charge in [-0.15, -0.1) is 21.5 Å². The van der Waals surface area contributed by atoms with Gasteiger partial charge in [0.25, 0.3) is 0 Å². The van der Waals surface area contributed by atoms with E-state index in [9.17, 15) is 0 Å². The zero-order chi connectivity index (χ0) is 19.3. The molecule has 0 fully saturated rings. The third-order valence-corrected chi connectivity index (χ3v) is 6.29. The van der Waals surface area contributed by atoms with Crippen molar-refractivity contribution in [2.24, 2.45) is 0 Å². The van der Waals surface area contributed by atoms with E-state index in [1.54, 1.807) is 29.4 Å². The van der Waals surface area contributed by atoms with E-state index in [2.05, 4.69) is 68.4 Å². The number of thiophene rings is 1. The van der Waals surface area contributed by atoms with Gasteiger partial charge in [0.2, 0.25) is 11.7 Å². The Morgan fingerprint density at radius 3 is 2.79 bits per heavy atom. The summed E-state index contributed by atoms with van der Waals surface area (Å²) in [7, 11) is 0. The van der Waals surface area contributed by atoms with Gasteiger partial charge in [0.15, 0.2) is 5.16 Å². The molecule has 0 aliphatic rings. The number of aryl methyl sites for hydroxylation is 2. The van der Waals surface area contributed by atoms with Crippen molar-refractivity contribution >= 4 is 23.1 Å². The van der Waals surface area contributed by atoms with Gasteiger partial charge in [-0.1, -0.05) is 61.1 Å². The third-order valence-electron chi connectivity index (χ3n) is 4.39. The quantitative estimate of drug-likeness (QED) is 0.378. The van der Waals surface area contributed by atoms with E-state index in [1.807, 2.05) is 12.1 Å². The predicted octanol–water partition coefficient (Wildman–Crippen LogP) is 5.05. The minimum absolute atomic E-state index is 0.503. The van der Waals surface area contributed by atoms with Crippen molar-refractivity contribution in [2.45, 2.75) is 43.6 Å². The lowest BCUT2D eigenvalue weighted by atomic mass is 10.0. The molecule has 0 N–H and O–H groups in total. The Morgan fingerprint density at radius 2 is 2.04 bits per heavy atom. The van der Waals surface area contributed by atoms with E-state index in [-0.39, 0.29) is 0 Å². The summed E-state index contributed by atoms with van der Waals surface area (Å²) in [6.45, 7) is 5.21. The Balaban J connectivity index is 1.36. The number of aromatic nitrogens is 5. The Bertz CT molecular complexity index is 1010. The molecule has 0 aliphatic carbocycles. The molecule has 6 nitrogen and oxygen atoms in total. The van der Waals surface area contributed by atoms with Crippen molar-refractivity contribution < 1.29 is 4.52 Å². The van der Waals surface area contributed by atoms with Crippen LogP contribution in [0.25, 0.3) is 11.4 Å². The second-order valence-electron chi connectivity index (χ2n) is 6.71. The van der Waals surface area contributed by atoms with Crippen LogP contribution in [0.2, 0.25) is 0 Å². The fourth-order valence-electron chi connectivity index (χ4n) is 2.77. The molecule has 0 saturated carbocycles. The number of hydrogen-bond acceptors (Lipinski definition) is 7. The summed E-state index contributed by atoms with van der Waals surface area (Å²) in [5, 5.41) is 15.3. The number of rotatable bonds is 8. The Morgan fingerprint density at radius 1 is 1.18 bits per heavy atom. The van der Waals surface area contributed by atoms with E-state index in [1.165, 1.54) is 10.4 Å². The molecule has 1 aromatic carbocycles. The molecule has 4 aromatic rings. The lowest BCUT2D eigenvalue weighted by molar-refractivity contribution is 0.391. The SMILES string of the molecule is CC(C)c1ccc(-c2noc(CSc3nncn3CCc3cccs3)n2)cc1. The first kappa shape index (κ1) is 18.9. The van der Waals surface area contributed by atoms with Crippen LogP contribution in [0.5, 0.6) is 0 Å². The minimum Gasteiger partial charge on any atom is -0.338 e. The fourth-order valence-corrected chi connectivity index (χ4v) is 4.25. The van der Waals surface area contributed by atoms with Crippen molar-refractivity contribution in [1.82, 2.24) is 24.9 Å². The van der Waals surface area contributed by atoms with Gasteiger partial charge in [-0.05, 0) is 29.3 Å². The predicted molar refractivity (Wildman–Crippen MR) is 111 cm³/mol. The first-order chi connectivity index (χ1) is 13.7. The normalized spacial score (nSPS) is 11.4. The molecule has 0 saturated heterocycles. The number of thioether (sulfide) groups is 1. The van der Waals surface area contributed by atoms with Crippen LogP contribution in [0.3, 0.4) is 0 Å².